The minimum atomic E-state index is -0.00320. The standard InChI is InChI=1S/C12H21N5/c1-9(13)11-8-14-12(15-10(11)2)17-6-4-16(3)5-7-17/h8-9H,4-7,13H2,1-3H3. The third-order valence-corrected chi connectivity index (χ3v) is 3.28. The minimum absolute atomic E-state index is 0.00320. The molecule has 0 amide bonds. The first-order chi connectivity index (χ1) is 8.08. The van der Waals surface area contributed by atoms with Crippen molar-refractivity contribution in [3.05, 3.63) is 17.5 Å². The fourth-order valence-corrected chi connectivity index (χ4v) is 2.07. The van der Waals surface area contributed by atoms with Gasteiger partial charge < -0.3 is 15.5 Å². The third kappa shape index (κ3) is 2.73. The first-order valence-electron chi connectivity index (χ1n) is 6.10. The topological polar surface area (TPSA) is 58.3 Å². The quantitative estimate of drug-likeness (QED) is 0.811. The molecule has 1 saturated heterocycles. The van der Waals surface area contributed by atoms with Gasteiger partial charge in [0.05, 0.1) is 0 Å². The molecule has 0 aromatic carbocycles. The molecule has 1 aromatic heterocycles. The van der Waals surface area contributed by atoms with Gasteiger partial charge in [-0.3, -0.25) is 0 Å². The Bertz CT molecular complexity index is 382. The third-order valence-electron chi connectivity index (χ3n) is 3.28. The zero-order chi connectivity index (χ0) is 12.4. The van der Waals surface area contributed by atoms with Gasteiger partial charge in [-0.2, -0.15) is 0 Å². The summed E-state index contributed by atoms with van der Waals surface area (Å²) in [6, 6.07) is -0.00320. The molecular weight excluding hydrogens is 214 g/mol. The van der Waals surface area contributed by atoms with E-state index in [1.54, 1.807) is 0 Å². The molecule has 5 heteroatoms. The van der Waals surface area contributed by atoms with Gasteiger partial charge in [0.15, 0.2) is 0 Å². The van der Waals surface area contributed by atoms with Crippen molar-refractivity contribution < 1.29 is 0 Å². The summed E-state index contributed by atoms with van der Waals surface area (Å²) in [4.78, 5) is 13.5. The highest BCUT2D eigenvalue weighted by atomic mass is 15.3. The van der Waals surface area contributed by atoms with Crippen molar-refractivity contribution >= 4 is 5.95 Å². The van der Waals surface area contributed by atoms with E-state index in [2.05, 4.69) is 26.8 Å². The van der Waals surface area contributed by atoms with Crippen molar-refractivity contribution in [2.24, 2.45) is 5.73 Å². The highest BCUT2D eigenvalue weighted by Gasteiger charge is 2.17. The van der Waals surface area contributed by atoms with E-state index in [0.717, 1.165) is 43.4 Å². The van der Waals surface area contributed by atoms with Gasteiger partial charge in [0.1, 0.15) is 0 Å². The molecule has 1 aromatic rings. The number of likely N-dealkylation sites (N-methyl/N-ethyl adjacent to an activating group) is 1. The van der Waals surface area contributed by atoms with Gasteiger partial charge in [0.25, 0.3) is 0 Å². The summed E-state index contributed by atoms with van der Waals surface area (Å²) in [5, 5.41) is 0. The highest BCUT2D eigenvalue weighted by molar-refractivity contribution is 5.34. The van der Waals surface area contributed by atoms with Crippen molar-refractivity contribution in [3.63, 3.8) is 0 Å². The van der Waals surface area contributed by atoms with E-state index in [-0.39, 0.29) is 6.04 Å². The molecule has 17 heavy (non-hydrogen) atoms. The second-order valence-electron chi connectivity index (χ2n) is 4.79. The summed E-state index contributed by atoms with van der Waals surface area (Å²) in [5.74, 6) is 0.833. The average molecular weight is 235 g/mol. The van der Waals surface area contributed by atoms with E-state index in [0.29, 0.717) is 0 Å². The summed E-state index contributed by atoms with van der Waals surface area (Å²) < 4.78 is 0. The number of anilines is 1. The molecule has 1 atom stereocenters. The van der Waals surface area contributed by atoms with Gasteiger partial charge in [0, 0.05) is 49.7 Å². The van der Waals surface area contributed by atoms with Gasteiger partial charge >= 0.3 is 0 Å². The fourth-order valence-electron chi connectivity index (χ4n) is 2.07. The molecular formula is C12H21N5. The molecule has 2 N–H and O–H groups in total. The van der Waals surface area contributed by atoms with Crippen LogP contribution in [0.3, 0.4) is 0 Å². The lowest BCUT2D eigenvalue weighted by Gasteiger charge is -2.32. The predicted molar refractivity (Wildman–Crippen MR) is 69.1 cm³/mol. The lowest BCUT2D eigenvalue weighted by atomic mass is 10.1. The molecule has 0 saturated carbocycles. The van der Waals surface area contributed by atoms with Crippen LogP contribution in [0.4, 0.5) is 5.95 Å². The van der Waals surface area contributed by atoms with Crippen molar-refractivity contribution in [1.29, 1.82) is 0 Å². The number of aryl methyl sites for hydroxylation is 1. The molecule has 2 rings (SSSR count). The van der Waals surface area contributed by atoms with Crippen LogP contribution >= 0.6 is 0 Å². The van der Waals surface area contributed by atoms with Gasteiger partial charge in [-0.15, -0.1) is 0 Å². The fraction of sp³-hybridized carbons (Fsp3) is 0.667. The molecule has 1 aliphatic heterocycles. The van der Waals surface area contributed by atoms with Crippen LogP contribution in [0.5, 0.6) is 0 Å². The minimum Gasteiger partial charge on any atom is -0.338 e. The van der Waals surface area contributed by atoms with E-state index in [9.17, 15) is 0 Å². The normalized spacial score (nSPS) is 19.4. The van der Waals surface area contributed by atoms with E-state index in [1.165, 1.54) is 0 Å². The second kappa shape index (κ2) is 4.98. The van der Waals surface area contributed by atoms with Crippen LogP contribution in [-0.2, 0) is 0 Å². The molecule has 2 heterocycles. The Morgan fingerprint density at radius 3 is 2.47 bits per heavy atom. The molecule has 0 aliphatic carbocycles. The Morgan fingerprint density at radius 1 is 1.29 bits per heavy atom. The number of nitrogens with two attached hydrogens (primary N) is 1. The maximum Gasteiger partial charge on any atom is 0.225 e. The van der Waals surface area contributed by atoms with Crippen LogP contribution < -0.4 is 10.6 Å². The van der Waals surface area contributed by atoms with E-state index >= 15 is 0 Å². The van der Waals surface area contributed by atoms with Crippen LogP contribution in [0.15, 0.2) is 6.20 Å². The largest absolute Gasteiger partial charge is 0.338 e. The Morgan fingerprint density at radius 2 is 1.94 bits per heavy atom. The number of nitrogens with zero attached hydrogens (tertiary/aromatic N) is 4. The Balaban J connectivity index is 2.14. The zero-order valence-electron chi connectivity index (χ0n) is 10.8. The molecule has 1 fully saturated rings. The Labute approximate surface area is 103 Å². The smallest absolute Gasteiger partial charge is 0.225 e. The molecule has 94 valence electrons. The van der Waals surface area contributed by atoms with Gasteiger partial charge in [-0.25, -0.2) is 9.97 Å². The summed E-state index contributed by atoms with van der Waals surface area (Å²) in [6.45, 7) is 8.08. The highest BCUT2D eigenvalue weighted by Crippen LogP contribution is 2.16. The van der Waals surface area contributed by atoms with E-state index in [4.69, 9.17) is 5.73 Å². The summed E-state index contributed by atoms with van der Waals surface area (Å²) in [6.07, 6.45) is 1.86. The van der Waals surface area contributed by atoms with Crippen molar-refractivity contribution in [3.8, 4) is 0 Å². The van der Waals surface area contributed by atoms with E-state index in [1.807, 2.05) is 20.0 Å². The van der Waals surface area contributed by atoms with Crippen LogP contribution in [0.25, 0.3) is 0 Å². The zero-order valence-corrected chi connectivity index (χ0v) is 10.8. The summed E-state index contributed by atoms with van der Waals surface area (Å²) in [7, 11) is 2.14. The lowest BCUT2D eigenvalue weighted by molar-refractivity contribution is 0.311. The summed E-state index contributed by atoms with van der Waals surface area (Å²) in [5.41, 5.74) is 7.88. The first-order valence-corrected chi connectivity index (χ1v) is 6.10. The average Bonchev–Trinajstić information content (AvgIpc) is 2.29. The number of hydrogen-bond donors (Lipinski definition) is 1. The molecule has 1 unspecified atom stereocenters. The van der Waals surface area contributed by atoms with Crippen molar-refractivity contribution in [2.45, 2.75) is 19.9 Å². The number of piperazine rings is 1. The Kier molecular flexibility index (Phi) is 3.59. The lowest BCUT2D eigenvalue weighted by Crippen LogP contribution is -2.45. The van der Waals surface area contributed by atoms with Crippen LogP contribution in [0.1, 0.15) is 24.2 Å². The molecule has 0 bridgehead atoms. The van der Waals surface area contributed by atoms with Gasteiger partial charge in [-0.1, -0.05) is 0 Å². The molecule has 5 nitrogen and oxygen atoms in total. The SMILES string of the molecule is Cc1nc(N2CCN(C)CC2)ncc1C(C)N. The monoisotopic (exact) mass is 235 g/mol. The number of hydrogen-bond acceptors (Lipinski definition) is 5. The molecule has 0 spiro atoms. The van der Waals surface area contributed by atoms with Crippen molar-refractivity contribution in [1.82, 2.24) is 14.9 Å². The van der Waals surface area contributed by atoms with Crippen LogP contribution in [0, 0.1) is 6.92 Å². The van der Waals surface area contributed by atoms with Gasteiger partial charge in [-0.05, 0) is 20.9 Å². The number of rotatable bonds is 2. The maximum atomic E-state index is 5.86. The first kappa shape index (κ1) is 12.3. The number of aromatic nitrogens is 2. The van der Waals surface area contributed by atoms with Crippen LogP contribution in [-0.4, -0.2) is 48.1 Å². The Hall–Kier alpha value is -1.20. The van der Waals surface area contributed by atoms with E-state index < -0.39 is 0 Å². The van der Waals surface area contributed by atoms with Crippen LogP contribution in [0.2, 0.25) is 0 Å². The van der Waals surface area contributed by atoms with Crippen molar-refractivity contribution in [2.75, 3.05) is 38.1 Å². The maximum absolute atomic E-state index is 5.86. The van der Waals surface area contributed by atoms with Gasteiger partial charge in [0.2, 0.25) is 5.95 Å². The molecule has 1 aliphatic rings. The molecule has 0 radical (unpaired) electrons. The second-order valence-corrected chi connectivity index (χ2v) is 4.79. The summed E-state index contributed by atoms with van der Waals surface area (Å²) >= 11 is 0. The predicted octanol–water partition coefficient (Wildman–Crippen LogP) is 0.557.